The van der Waals surface area contributed by atoms with Crippen molar-refractivity contribution in [3.63, 3.8) is 0 Å². The molecule has 0 aromatic heterocycles. The molecule has 3 N–H and O–H groups in total. The smallest absolute Gasteiger partial charge is 0.250 e. The third-order valence-electron chi connectivity index (χ3n) is 2.64. The number of halogens is 1. The highest BCUT2D eigenvalue weighted by atomic mass is 35.5. The SMILES string of the molecule is Nc1ccc(NC(=O)COCc2ccccc2Cl)cc1. The number of anilines is 2. The van der Waals surface area contributed by atoms with Gasteiger partial charge < -0.3 is 15.8 Å². The molecule has 2 rings (SSSR count). The number of carbonyl (C=O) groups is 1. The fourth-order valence-electron chi connectivity index (χ4n) is 1.63. The first-order chi connectivity index (χ1) is 9.65. The van der Waals surface area contributed by atoms with E-state index in [1.807, 2.05) is 18.2 Å². The lowest BCUT2D eigenvalue weighted by atomic mass is 10.2. The van der Waals surface area contributed by atoms with Crippen LogP contribution in [0.15, 0.2) is 48.5 Å². The third kappa shape index (κ3) is 4.26. The predicted octanol–water partition coefficient (Wildman–Crippen LogP) is 3.08. The van der Waals surface area contributed by atoms with Crippen molar-refractivity contribution in [2.24, 2.45) is 0 Å². The van der Waals surface area contributed by atoms with Crippen molar-refractivity contribution < 1.29 is 9.53 Å². The molecule has 0 saturated heterocycles. The molecule has 0 saturated carbocycles. The molecule has 0 spiro atoms. The molecule has 0 radical (unpaired) electrons. The minimum Gasteiger partial charge on any atom is -0.399 e. The minimum atomic E-state index is -0.221. The van der Waals surface area contributed by atoms with E-state index in [9.17, 15) is 4.79 Å². The Balaban J connectivity index is 1.78. The molecule has 0 aliphatic heterocycles. The van der Waals surface area contributed by atoms with Crippen molar-refractivity contribution in [1.82, 2.24) is 0 Å². The van der Waals surface area contributed by atoms with Crippen molar-refractivity contribution in [2.75, 3.05) is 17.7 Å². The fourth-order valence-corrected chi connectivity index (χ4v) is 1.82. The number of rotatable bonds is 5. The summed E-state index contributed by atoms with van der Waals surface area (Å²) in [6.07, 6.45) is 0. The molecule has 104 valence electrons. The third-order valence-corrected chi connectivity index (χ3v) is 3.01. The van der Waals surface area contributed by atoms with Gasteiger partial charge in [-0.05, 0) is 35.9 Å². The molecule has 0 unspecified atom stereocenters. The van der Waals surface area contributed by atoms with Gasteiger partial charge in [-0.1, -0.05) is 29.8 Å². The van der Waals surface area contributed by atoms with Gasteiger partial charge in [0.15, 0.2) is 0 Å². The van der Waals surface area contributed by atoms with Crippen molar-refractivity contribution in [2.45, 2.75) is 6.61 Å². The summed E-state index contributed by atoms with van der Waals surface area (Å²) < 4.78 is 5.34. The number of nitrogen functional groups attached to an aromatic ring is 1. The van der Waals surface area contributed by atoms with Crippen LogP contribution in [0.4, 0.5) is 11.4 Å². The van der Waals surface area contributed by atoms with E-state index in [1.54, 1.807) is 30.3 Å². The first-order valence-electron chi connectivity index (χ1n) is 6.11. The summed E-state index contributed by atoms with van der Waals surface area (Å²) in [6, 6.07) is 14.3. The van der Waals surface area contributed by atoms with Crippen LogP contribution in [0.3, 0.4) is 0 Å². The van der Waals surface area contributed by atoms with Crippen LogP contribution in [0.1, 0.15) is 5.56 Å². The molecule has 2 aromatic rings. The van der Waals surface area contributed by atoms with Crippen LogP contribution in [-0.2, 0) is 16.1 Å². The van der Waals surface area contributed by atoms with Crippen LogP contribution in [0, 0.1) is 0 Å². The molecule has 1 amide bonds. The molecule has 0 atom stereocenters. The standard InChI is InChI=1S/C15H15ClN2O2/c16-14-4-2-1-3-11(14)9-20-10-15(19)18-13-7-5-12(17)6-8-13/h1-8H,9-10,17H2,(H,18,19). The summed E-state index contributed by atoms with van der Waals surface area (Å²) in [6.45, 7) is 0.268. The summed E-state index contributed by atoms with van der Waals surface area (Å²) in [7, 11) is 0. The molecular weight excluding hydrogens is 276 g/mol. The Morgan fingerprint density at radius 1 is 1.15 bits per heavy atom. The number of hydrogen-bond acceptors (Lipinski definition) is 3. The molecular formula is C15H15ClN2O2. The molecule has 0 heterocycles. The number of ether oxygens (including phenoxy) is 1. The van der Waals surface area contributed by atoms with Crippen LogP contribution in [0.25, 0.3) is 0 Å². The number of nitrogens with two attached hydrogens (primary N) is 1. The van der Waals surface area contributed by atoms with Gasteiger partial charge >= 0.3 is 0 Å². The number of hydrogen-bond donors (Lipinski definition) is 2. The predicted molar refractivity (Wildman–Crippen MR) is 80.6 cm³/mol. The van der Waals surface area contributed by atoms with Gasteiger partial charge in [-0.25, -0.2) is 0 Å². The lowest BCUT2D eigenvalue weighted by molar-refractivity contribution is -0.121. The van der Waals surface area contributed by atoms with E-state index >= 15 is 0 Å². The first-order valence-corrected chi connectivity index (χ1v) is 6.49. The fraction of sp³-hybridized carbons (Fsp3) is 0.133. The molecule has 4 nitrogen and oxygen atoms in total. The van der Waals surface area contributed by atoms with Gasteiger partial charge in [-0.3, -0.25) is 4.79 Å². The number of amides is 1. The van der Waals surface area contributed by atoms with Gasteiger partial charge in [0.2, 0.25) is 5.91 Å². The average Bonchev–Trinajstić information content (AvgIpc) is 2.43. The van der Waals surface area contributed by atoms with E-state index in [-0.39, 0.29) is 12.5 Å². The normalized spacial score (nSPS) is 10.2. The van der Waals surface area contributed by atoms with E-state index in [2.05, 4.69) is 5.32 Å². The summed E-state index contributed by atoms with van der Waals surface area (Å²) in [5.41, 5.74) is 7.76. The van der Waals surface area contributed by atoms with E-state index in [0.29, 0.717) is 23.0 Å². The summed E-state index contributed by atoms with van der Waals surface area (Å²) >= 11 is 5.99. The van der Waals surface area contributed by atoms with E-state index in [0.717, 1.165) is 5.56 Å². The van der Waals surface area contributed by atoms with Crippen molar-refractivity contribution >= 4 is 28.9 Å². The van der Waals surface area contributed by atoms with Crippen molar-refractivity contribution in [3.8, 4) is 0 Å². The topological polar surface area (TPSA) is 64.3 Å². The maximum atomic E-state index is 11.7. The lowest BCUT2D eigenvalue weighted by Crippen LogP contribution is -2.18. The number of carbonyl (C=O) groups excluding carboxylic acids is 1. The highest BCUT2D eigenvalue weighted by Gasteiger charge is 2.04. The van der Waals surface area contributed by atoms with Crippen LogP contribution >= 0.6 is 11.6 Å². The Morgan fingerprint density at radius 3 is 2.55 bits per heavy atom. The van der Waals surface area contributed by atoms with Gasteiger partial charge in [0.25, 0.3) is 0 Å². The van der Waals surface area contributed by atoms with Gasteiger partial charge in [0, 0.05) is 16.4 Å². The number of benzene rings is 2. The van der Waals surface area contributed by atoms with Gasteiger partial charge in [0.05, 0.1) is 6.61 Å². The molecule has 0 bridgehead atoms. The lowest BCUT2D eigenvalue weighted by Gasteiger charge is -2.07. The Bertz CT molecular complexity index is 585. The van der Waals surface area contributed by atoms with Crippen LogP contribution < -0.4 is 11.1 Å². The Labute approximate surface area is 122 Å². The largest absolute Gasteiger partial charge is 0.399 e. The second-order valence-corrected chi connectivity index (χ2v) is 4.66. The zero-order chi connectivity index (χ0) is 14.4. The van der Waals surface area contributed by atoms with Gasteiger partial charge in [-0.15, -0.1) is 0 Å². The Hall–Kier alpha value is -2.04. The molecule has 0 aliphatic carbocycles. The molecule has 2 aromatic carbocycles. The highest BCUT2D eigenvalue weighted by molar-refractivity contribution is 6.31. The molecule has 0 aliphatic rings. The van der Waals surface area contributed by atoms with Gasteiger partial charge in [0.1, 0.15) is 6.61 Å². The molecule has 0 fully saturated rings. The second-order valence-electron chi connectivity index (χ2n) is 4.25. The van der Waals surface area contributed by atoms with Gasteiger partial charge in [-0.2, -0.15) is 0 Å². The highest BCUT2D eigenvalue weighted by Crippen LogP contribution is 2.15. The summed E-state index contributed by atoms with van der Waals surface area (Å²) in [4.78, 5) is 11.7. The van der Waals surface area contributed by atoms with Crippen molar-refractivity contribution in [1.29, 1.82) is 0 Å². The van der Waals surface area contributed by atoms with Crippen LogP contribution in [0.5, 0.6) is 0 Å². The maximum Gasteiger partial charge on any atom is 0.250 e. The Morgan fingerprint density at radius 2 is 1.85 bits per heavy atom. The minimum absolute atomic E-state index is 0.0321. The molecule has 5 heteroatoms. The van der Waals surface area contributed by atoms with Crippen LogP contribution in [0.2, 0.25) is 5.02 Å². The number of nitrogens with one attached hydrogen (secondary N) is 1. The quantitative estimate of drug-likeness (QED) is 0.832. The summed E-state index contributed by atoms with van der Waals surface area (Å²) in [5.74, 6) is -0.221. The molecule has 20 heavy (non-hydrogen) atoms. The first kappa shape index (κ1) is 14.4. The van der Waals surface area contributed by atoms with E-state index in [1.165, 1.54) is 0 Å². The zero-order valence-corrected chi connectivity index (χ0v) is 11.6. The van der Waals surface area contributed by atoms with E-state index in [4.69, 9.17) is 22.1 Å². The Kier molecular flexibility index (Phi) is 4.98. The monoisotopic (exact) mass is 290 g/mol. The second kappa shape index (κ2) is 6.93. The van der Waals surface area contributed by atoms with Crippen LogP contribution in [-0.4, -0.2) is 12.5 Å². The maximum absolute atomic E-state index is 11.7. The summed E-state index contributed by atoms with van der Waals surface area (Å²) in [5, 5.41) is 3.35. The van der Waals surface area contributed by atoms with Crippen molar-refractivity contribution in [3.05, 3.63) is 59.1 Å². The zero-order valence-electron chi connectivity index (χ0n) is 10.8. The average molecular weight is 291 g/mol. The van der Waals surface area contributed by atoms with E-state index < -0.39 is 0 Å².